The topological polar surface area (TPSA) is 0 Å². The lowest BCUT2D eigenvalue weighted by Gasteiger charge is -2.38. The van der Waals surface area contributed by atoms with Gasteiger partial charge < -0.3 is 0 Å². The normalized spacial score (nSPS) is 41.2. The predicted octanol–water partition coefficient (Wildman–Crippen LogP) is 3.67. The molecule has 0 amide bonds. The van der Waals surface area contributed by atoms with Crippen molar-refractivity contribution in [3.8, 4) is 0 Å². The molecule has 12 heavy (non-hydrogen) atoms. The smallest absolute Gasteiger partial charge is 0.124 e. The second-order valence-corrected chi connectivity index (χ2v) is 5.33. The van der Waals surface area contributed by atoms with Crippen molar-refractivity contribution in [1.82, 2.24) is 0 Å². The second-order valence-electron chi connectivity index (χ2n) is 3.85. The molecule has 2 rings (SSSR count). The fraction of sp³-hybridized carbons (Fsp3) is 0.889. The van der Waals surface area contributed by atoms with Crippen LogP contribution in [0.3, 0.4) is 0 Å². The Morgan fingerprint density at radius 2 is 2.00 bits per heavy atom. The fourth-order valence-electron chi connectivity index (χ4n) is 2.18. The Kier molecular flexibility index (Phi) is 2.29. The summed E-state index contributed by atoms with van der Waals surface area (Å²) in [6, 6.07) is 0. The van der Waals surface area contributed by atoms with Gasteiger partial charge in [0.25, 0.3) is 0 Å². The zero-order valence-electron chi connectivity index (χ0n) is 6.82. The van der Waals surface area contributed by atoms with Crippen LogP contribution in [-0.2, 0) is 0 Å². The van der Waals surface area contributed by atoms with Gasteiger partial charge in [-0.1, -0.05) is 0 Å². The highest BCUT2D eigenvalue weighted by molar-refractivity contribution is 6.50. The minimum absolute atomic E-state index is 0.373. The van der Waals surface area contributed by atoms with Crippen molar-refractivity contribution in [3.63, 3.8) is 0 Å². The van der Waals surface area contributed by atoms with Gasteiger partial charge in [-0.25, -0.2) is 4.39 Å². The molecule has 2 saturated carbocycles. The van der Waals surface area contributed by atoms with Gasteiger partial charge in [-0.2, -0.15) is 0 Å². The number of hydrogen-bond donors (Lipinski definition) is 0. The van der Waals surface area contributed by atoms with Gasteiger partial charge in [0.2, 0.25) is 0 Å². The number of hydrogen-bond acceptors (Lipinski definition) is 0. The predicted molar refractivity (Wildman–Crippen MR) is 49.2 cm³/mol. The first-order chi connectivity index (χ1) is 5.59. The third-order valence-electron chi connectivity index (χ3n) is 2.98. The highest BCUT2D eigenvalue weighted by Crippen LogP contribution is 2.54. The van der Waals surface area contributed by atoms with Crippen molar-refractivity contribution in [2.24, 2.45) is 5.92 Å². The molecule has 69 valence electrons. The van der Waals surface area contributed by atoms with Crippen molar-refractivity contribution in [3.05, 3.63) is 5.92 Å². The molecule has 0 bridgehead atoms. The molecule has 0 saturated heterocycles. The minimum atomic E-state index is -0.634. The van der Waals surface area contributed by atoms with E-state index >= 15 is 0 Å². The average Bonchev–Trinajstić information content (AvgIpc) is 2.23. The highest BCUT2D eigenvalue weighted by atomic mass is 35.5. The SMILES string of the molecule is FC1CC([C]2CCCC2(Cl)Cl)C1. The molecule has 0 unspecified atom stereocenters. The number of alkyl halides is 3. The van der Waals surface area contributed by atoms with Crippen LogP contribution in [0.4, 0.5) is 4.39 Å². The Hall–Kier alpha value is 0.510. The summed E-state index contributed by atoms with van der Waals surface area (Å²) < 4.78 is 11.9. The first kappa shape index (κ1) is 9.08. The molecule has 0 aliphatic heterocycles. The molecule has 0 N–H and O–H groups in total. The lowest BCUT2D eigenvalue weighted by Crippen LogP contribution is -2.35. The van der Waals surface area contributed by atoms with E-state index < -0.39 is 10.5 Å². The highest BCUT2D eigenvalue weighted by Gasteiger charge is 2.48. The quantitative estimate of drug-likeness (QED) is 0.579. The Labute approximate surface area is 82.4 Å². The van der Waals surface area contributed by atoms with Crippen molar-refractivity contribution in [2.45, 2.75) is 42.6 Å². The number of rotatable bonds is 1. The van der Waals surface area contributed by atoms with Gasteiger partial charge >= 0.3 is 0 Å². The van der Waals surface area contributed by atoms with E-state index in [1.54, 1.807) is 0 Å². The van der Waals surface area contributed by atoms with Crippen molar-refractivity contribution < 1.29 is 4.39 Å². The van der Waals surface area contributed by atoms with E-state index in [1.165, 1.54) is 5.92 Å². The molecular weight excluding hydrogens is 198 g/mol. The minimum Gasteiger partial charge on any atom is -0.247 e. The van der Waals surface area contributed by atoms with Crippen LogP contribution in [-0.4, -0.2) is 10.5 Å². The molecule has 3 heteroatoms. The van der Waals surface area contributed by atoms with Gasteiger partial charge in [-0.05, 0) is 38.0 Å². The maximum absolute atomic E-state index is 12.6. The lowest BCUT2D eigenvalue weighted by molar-refractivity contribution is 0.135. The van der Waals surface area contributed by atoms with Crippen LogP contribution in [0.1, 0.15) is 32.1 Å². The van der Waals surface area contributed by atoms with E-state index in [4.69, 9.17) is 23.2 Å². The van der Waals surface area contributed by atoms with E-state index in [0.717, 1.165) is 19.3 Å². The zero-order chi connectivity index (χ0) is 8.77. The summed E-state index contributed by atoms with van der Waals surface area (Å²) in [6.07, 6.45) is 3.61. The molecule has 0 spiro atoms. The van der Waals surface area contributed by atoms with Crippen LogP contribution in [0, 0.1) is 11.8 Å². The van der Waals surface area contributed by atoms with Crippen LogP contribution in [0.15, 0.2) is 0 Å². The summed E-state index contributed by atoms with van der Waals surface area (Å²) >= 11 is 12.2. The van der Waals surface area contributed by atoms with Crippen LogP contribution < -0.4 is 0 Å². The van der Waals surface area contributed by atoms with Crippen molar-refractivity contribution >= 4 is 23.2 Å². The van der Waals surface area contributed by atoms with Crippen LogP contribution in [0.25, 0.3) is 0 Å². The molecular formula is C9H12Cl2F. The molecule has 0 aromatic heterocycles. The Morgan fingerprint density at radius 1 is 1.33 bits per heavy atom. The summed E-state index contributed by atoms with van der Waals surface area (Å²) in [7, 11) is 0. The van der Waals surface area contributed by atoms with Crippen LogP contribution in [0.5, 0.6) is 0 Å². The standard InChI is InChI=1S/C9H12Cl2F/c10-9(11)3-1-2-8(9)6-4-7(12)5-6/h6-7H,1-5H2. The largest absolute Gasteiger partial charge is 0.247 e. The molecule has 2 aliphatic rings. The lowest BCUT2D eigenvalue weighted by atomic mass is 9.73. The monoisotopic (exact) mass is 209 g/mol. The first-order valence-electron chi connectivity index (χ1n) is 4.47. The Morgan fingerprint density at radius 3 is 2.42 bits per heavy atom. The molecule has 0 atom stereocenters. The second kappa shape index (κ2) is 3.02. The molecule has 0 aromatic rings. The molecule has 1 radical (unpaired) electrons. The third kappa shape index (κ3) is 1.46. The van der Waals surface area contributed by atoms with E-state index in [1.807, 2.05) is 0 Å². The molecule has 0 nitrogen and oxygen atoms in total. The van der Waals surface area contributed by atoms with E-state index in [-0.39, 0.29) is 0 Å². The number of halogens is 3. The van der Waals surface area contributed by atoms with Crippen LogP contribution >= 0.6 is 23.2 Å². The average molecular weight is 210 g/mol. The first-order valence-corrected chi connectivity index (χ1v) is 5.23. The molecule has 0 heterocycles. The van der Waals surface area contributed by atoms with Gasteiger partial charge in [0.1, 0.15) is 10.5 Å². The van der Waals surface area contributed by atoms with Gasteiger partial charge in [-0.15, -0.1) is 23.2 Å². The van der Waals surface area contributed by atoms with Crippen molar-refractivity contribution in [1.29, 1.82) is 0 Å². The van der Waals surface area contributed by atoms with E-state index in [0.29, 0.717) is 18.8 Å². The molecule has 2 aliphatic carbocycles. The van der Waals surface area contributed by atoms with Gasteiger partial charge in [-0.3, -0.25) is 0 Å². The van der Waals surface area contributed by atoms with E-state index in [2.05, 4.69) is 0 Å². The fourth-order valence-corrected chi connectivity index (χ4v) is 2.94. The maximum Gasteiger partial charge on any atom is 0.124 e. The zero-order valence-corrected chi connectivity index (χ0v) is 8.34. The van der Waals surface area contributed by atoms with Gasteiger partial charge in [0, 0.05) is 5.92 Å². The third-order valence-corrected chi connectivity index (χ3v) is 3.84. The molecule has 2 fully saturated rings. The van der Waals surface area contributed by atoms with Gasteiger partial charge in [0.15, 0.2) is 0 Å². The maximum atomic E-state index is 12.6. The summed E-state index contributed by atoms with van der Waals surface area (Å²) in [5.74, 6) is 1.57. The summed E-state index contributed by atoms with van der Waals surface area (Å²) in [4.78, 5) is 0. The van der Waals surface area contributed by atoms with E-state index in [9.17, 15) is 4.39 Å². The Bertz CT molecular complexity index is 175. The molecule has 0 aromatic carbocycles. The summed E-state index contributed by atoms with van der Waals surface area (Å²) in [5, 5.41) is 0. The van der Waals surface area contributed by atoms with Crippen LogP contribution in [0.2, 0.25) is 0 Å². The Balaban J connectivity index is 1.95. The van der Waals surface area contributed by atoms with Gasteiger partial charge in [0.05, 0.1) is 0 Å². The van der Waals surface area contributed by atoms with Crippen molar-refractivity contribution in [2.75, 3.05) is 0 Å². The summed E-state index contributed by atoms with van der Waals surface area (Å²) in [6.45, 7) is 0. The summed E-state index contributed by atoms with van der Waals surface area (Å²) in [5.41, 5.74) is 0.